The molecule has 1 fully saturated rings. The normalized spacial score (nSPS) is 13.4. The molecular formula is C23H29N5OS2. The Bertz CT molecular complexity index is 992. The van der Waals surface area contributed by atoms with Crippen LogP contribution in [-0.2, 0) is 18.4 Å². The van der Waals surface area contributed by atoms with Gasteiger partial charge in [-0.2, -0.15) is 11.3 Å². The predicted molar refractivity (Wildman–Crippen MR) is 129 cm³/mol. The van der Waals surface area contributed by atoms with Crippen LogP contribution in [0.4, 0.5) is 5.69 Å². The number of thioether (sulfide) groups is 1. The van der Waals surface area contributed by atoms with Gasteiger partial charge < -0.3 is 14.4 Å². The average Bonchev–Trinajstić information content (AvgIpc) is 3.37. The molecule has 0 atom stereocenters. The van der Waals surface area contributed by atoms with E-state index in [0.717, 1.165) is 42.5 Å². The second-order valence-electron chi connectivity index (χ2n) is 7.76. The Balaban J connectivity index is 1.40. The minimum absolute atomic E-state index is 0.173. The van der Waals surface area contributed by atoms with E-state index in [9.17, 15) is 4.79 Å². The molecule has 0 spiro atoms. The first kappa shape index (κ1) is 21.9. The van der Waals surface area contributed by atoms with Crippen molar-refractivity contribution in [1.82, 2.24) is 19.7 Å². The van der Waals surface area contributed by atoms with Gasteiger partial charge in [-0.05, 0) is 73.3 Å². The second-order valence-corrected chi connectivity index (χ2v) is 9.48. The quantitative estimate of drug-likeness (QED) is 0.416. The van der Waals surface area contributed by atoms with E-state index < -0.39 is 0 Å². The summed E-state index contributed by atoms with van der Waals surface area (Å²) >= 11 is 3.14. The van der Waals surface area contributed by atoms with Crippen LogP contribution < -0.4 is 4.90 Å². The summed E-state index contributed by atoms with van der Waals surface area (Å²) in [6, 6.07) is 10.9. The van der Waals surface area contributed by atoms with Gasteiger partial charge in [-0.3, -0.25) is 4.79 Å². The van der Waals surface area contributed by atoms with E-state index in [1.807, 2.05) is 16.5 Å². The highest BCUT2D eigenvalue weighted by molar-refractivity contribution is 7.99. The molecule has 4 rings (SSSR count). The summed E-state index contributed by atoms with van der Waals surface area (Å²) in [6.07, 6.45) is 2.22. The molecule has 1 saturated carbocycles. The highest BCUT2D eigenvalue weighted by atomic mass is 32.2. The van der Waals surface area contributed by atoms with Gasteiger partial charge in [0.25, 0.3) is 0 Å². The van der Waals surface area contributed by atoms with Gasteiger partial charge in [-0.1, -0.05) is 11.8 Å². The Kier molecular flexibility index (Phi) is 6.97. The van der Waals surface area contributed by atoms with Crippen molar-refractivity contribution in [3.8, 4) is 11.4 Å². The molecule has 1 amide bonds. The monoisotopic (exact) mass is 455 g/mol. The van der Waals surface area contributed by atoms with Crippen LogP contribution >= 0.6 is 23.1 Å². The maximum absolute atomic E-state index is 12.9. The van der Waals surface area contributed by atoms with Gasteiger partial charge in [0.2, 0.25) is 5.91 Å². The standard InChI is InChI=1S/C23H29N5OS2/c1-4-27(5-2)19-8-6-18(7-9-19)22-24-25-23(26(22)3)31-16-21(29)28(20-10-11-20)14-17-12-13-30-15-17/h6-9,12-13,15,20H,4-5,10-11,14,16H2,1-3H3. The zero-order chi connectivity index (χ0) is 21.8. The van der Waals surface area contributed by atoms with Gasteiger partial charge in [0.05, 0.1) is 5.75 Å². The van der Waals surface area contributed by atoms with Gasteiger partial charge in [0.1, 0.15) is 0 Å². The van der Waals surface area contributed by atoms with Crippen LogP contribution in [0.25, 0.3) is 11.4 Å². The first-order valence-corrected chi connectivity index (χ1v) is 12.7. The van der Waals surface area contributed by atoms with Crippen molar-refractivity contribution in [3.05, 3.63) is 46.7 Å². The summed E-state index contributed by atoms with van der Waals surface area (Å²) in [5.74, 6) is 1.37. The molecule has 2 aromatic heterocycles. The van der Waals surface area contributed by atoms with Crippen LogP contribution in [0.5, 0.6) is 0 Å². The summed E-state index contributed by atoms with van der Waals surface area (Å²) < 4.78 is 1.98. The number of carbonyl (C=O) groups excluding carboxylic acids is 1. The van der Waals surface area contributed by atoms with Crippen molar-refractivity contribution in [1.29, 1.82) is 0 Å². The Labute approximate surface area is 192 Å². The van der Waals surface area contributed by atoms with Gasteiger partial charge >= 0.3 is 0 Å². The van der Waals surface area contributed by atoms with Gasteiger partial charge in [-0.25, -0.2) is 0 Å². The predicted octanol–water partition coefficient (Wildman–Crippen LogP) is 4.67. The molecule has 31 heavy (non-hydrogen) atoms. The van der Waals surface area contributed by atoms with Crippen LogP contribution in [-0.4, -0.2) is 50.5 Å². The summed E-state index contributed by atoms with van der Waals surface area (Å²) in [7, 11) is 1.96. The number of thiophene rings is 1. The number of carbonyl (C=O) groups is 1. The van der Waals surface area contributed by atoms with E-state index in [0.29, 0.717) is 18.3 Å². The van der Waals surface area contributed by atoms with Crippen molar-refractivity contribution < 1.29 is 4.79 Å². The summed E-state index contributed by atoms with van der Waals surface area (Å²) in [6.45, 7) is 7.00. The van der Waals surface area contributed by atoms with Crippen molar-refractivity contribution in [2.45, 2.75) is 44.4 Å². The molecule has 0 bridgehead atoms. The van der Waals surface area contributed by atoms with E-state index >= 15 is 0 Å². The zero-order valence-corrected chi connectivity index (χ0v) is 20.0. The second kappa shape index (κ2) is 9.87. The third-order valence-corrected chi connectivity index (χ3v) is 7.39. The fourth-order valence-electron chi connectivity index (χ4n) is 3.70. The van der Waals surface area contributed by atoms with E-state index in [1.165, 1.54) is 23.0 Å². The van der Waals surface area contributed by atoms with E-state index in [-0.39, 0.29) is 5.91 Å². The third-order valence-electron chi connectivity index (χ3n) is 5.65. The number of hydrogen-bond acceptors (Lipinski definition) is 6. The van der Waals surface area contributed by atoms with Crippen LogP contribution in [0.1, 0.15) is 32.3 Å². The van der Waals surface area contributed by atoms with Crippen molar-refractivity contribution in [2.24, 2.45) is 7.05 Å². The molecule has 1 aromatic carbocycles. The molecule has 1 aliphatic carbocycles. The molecule has 0 N–H and O–H groups in total. The van der Waals surface area contributed by atoms with Crippen LogP contribution in [0.2, 0.25) is 0 Å². The lowest BCUT2D eigenvalue weighted by Gasteiger charge is -2.21. The number of hydrogen-bond donors (Lipinski definition) is 0. The fourth-order valence-corrected chi connectivity index (χ4v) is 5.15. The average molecular weight is 456 g/mol. The first-order chi connectivity index (χ1) is 15.1. The smallest absolute Gasteiger partial charge is 0.233 e. The zero-order valence-electron chi connectivity index (χ0n) is 18.3. The molecule has 1 aliphatic rings. The van der Waals surface area contributed by atoms with E-state index in [4.69, 9.17) is 0 Å². The number of aromatic nitrogens is 3. The molecule has 0 saturated heterocycles. The molecule has 6 nitrogen and oxygen atoms in total. The van der Waals surface area contributed by atoms with Crippen molar-refractivity contribution >= 4 is 34.7 Å². The fraction of sp³-hybridized carbons (Fsp3) is 0.435. The molecule has 3 aromatic rings. The third kappa shape index (κ3) is 5.13. The maximum Gasteiger partial charge on any atom is 0.233 e. The first-order valence-electron chi connectivity index (χ1n) is 10.8. The SMILES string of the molecule is CCN(CC)c1ccc(-c2nnc(SCC(=O)N(Cc3ccsc3)C3CC3)n2C)cc1. The number of benzene rings is 1. The number of amides is 1. The van der Waals surface area contributed by atoms with Gasteiger partial charge in [-0.15, -0.1) is 10.2 Å². The van der Waals surface area contributed by atoms with Crippen molar-refractivity contribution in [3.63, 3.8) is 0 Å². The lowest BCUT2D eigenvalue weighted by Crippen LogP contribution is -2.33. The highest BCUT2D eigenvalue weighted by Gasteiger charge is 2.32. The number of nitrogens with zero attached hydrogens (tertiary/aromatic N) is 5. The molecule has 8 heteroatoms. The molecule has 164 valence electrons. The van der Waals surface area contributed by atoms with Gasteiger partial charge in [0.15, 0.2) is 11.0 Å². The number of anilines is 1. The van der Waals surface area contributed by atoms with E-state index in [1.54, 1.807) is 11.3 Å². The Hall–Kier alpha value is -2.32. The van der Waals surface area contributed by atoms with Crippen LogP contribution in [0.15, 0.2) is 46.2 Å². The van der Waals surface area contributed by atoms with Crippen molar-refractivity contribution in [2.75, 3.05) is 23.7 Å². The van der Waals surface area contributed by atoms with Gasteiger partial charge in [0, 0.05) is 44.0 Å². The minimum atomic E-state index is 0.173. The van der Waals surface area contributed by atoms with Crippen LogP contribution in [0.3, 0.4) is 0 Å². The number of rotatable bonds is 10. The molecular weight excluding hydrogens is 426 g/mol. The van der Waals surface area contributed by atoms with Crippen LogP contribution in [0, 0.1) is 0 Å². The lowest BCUT2D eigenvalue weighted by atomic mass is 10.2. The molecule has 0 unspecified atom stereocenters. The Morgan fingerprint density at radius 1 is 1.16 bits per heavy atom. The van der Waals surface area contributed by atoms with E-state index in [2.05, 4.69) is 70.0 Å². The largest absolute Gasteiger partial charge is 0.372 e. The Morgan fingerprint density at radius 3 is 2.52 bits per heavy atom. The minimum Gasteiger partial charge on any atom is -0.372 e. The Morgan fingerprint density at radius 2 is 1.90 bits per heavy atom. The molecule has 0 radical (unpaired) electrons. The molecule has 0 aliphatic heterocycles. The summed E-state index contributed by atoms with van der Waals surface area (Å²) in [5, 5.41) is 13.7. The highest BCUT2D eigenvalue weighted by Crippen LogP contribution is 2.30. The summed E-state index contributed by atoms with van der Waals surface area (Å²) in [5.41, 5.74) is 3.45. The maximum atomic E-state index is 12.9. The molecule has 2 heterocycles. The topological polar surface area (TPSA) is 54.3 Å². The summed E-state index contributed by atoms with van der Waals surface area (Å²) in [4.78, 5) is 17.3. The lowest BCUT2D eigenvalue weighted by molar-refractivity contribution is -0.129.